The van der Waals surface area contributed by atoms with E-state index < -0.39 is 0 Å². The molecule has 0 aliphatic carbocycles. The lowest BCUT2D eigenvalue weighted by Gasteiger charge is -2.42. The van der Waals surface area contributed by atoms with Gasteiger partial charge in [-0.1, -0.05) is 6.07 Å². The van der Waals surface area contributed by atoms with Gasteiger partial charge in [0.2, 0.25) is 11.8 Å². The van der Waals surface area contributed by atoms with Crippen LogP contribution in [-0.4, -0.2) is 70.5 Å². The molecule has 148 valence electrons. The number of aromatic nitrogens is 1. The predicted molar refractivity (Wildman–Crippen MR) is 102 cm³/mol. The second-order valence-corrected chi connectivity index (χ2v) is 7.50. The minimum absolute atomic E-state index is 0.0319. The van der Waals surface area contributed by atoms with Crippen LogP contribution in [0, 0.1) is 5.92 Å². The van der Waals surface area contributed by atoms with Gasteiger partial charge in [-0.3, -0.25) is 19.5 Å². The van der Waals surface area contributed by atoms with Gasteiger partial charge in [-0.05, 0) is 43.9 Å². The van der Waals surface area contributed by atoms with Gasteiger partial charge in [0.25, 0.3) is 0 Å². The van der Waals surface area contributed by atoms with Gasteiger partial charge in [0, 0.05) is 51.0 Å². The summed E-state index contributed by atoms with van der Waals surface area (Å²) in [5, 5.41) is 12.0. The topological polar surface area (TPSA) is 85.8 Å². The molecule has 7 nitrogen and oxygen atoms in total. The molecule has 2 N–H and O–H groups in total. The Morgan fingerprint density at radius 2 is 2.04 bits per heavy atom. The number of carbonyl (C=O) groups is 2. The van der Waals surface area contributed by atoms with Crippen LogP contribution in [0.1, 0.15) is 37.7 Å². The average Bonchev–Trinajstić information content (AvgIpc) is 2.73. The Bertz CT molecular complexity index is 617. The molecule has 2 aliphatic rings. The third-order valence-electron chi connectivity index (χ3n) is 5.67. The Hall–Kier alpha value is -1.99. The molecule has 0 bridgehead atoms. The molecular formula is C20H30N4O3. The second-order valence-electron chi connectivity index (χ2n) is 7.50. The van der Waals surface area contributed by atoms with Gasteiger partial charge >= 0.3 is 0 Å². The van der Waals surface area contributed by atoms with Gasteiger partial charge in [-0.25, -0.2) is 0 Å². The van der Waals surface area contributed by atoms with E-state index in [0.717, 1.165) is 57.4 Å². The number of amides is 2. The van der Waals surface area contributed by atoms with Crippen molar-refractivity contribution in [1.29, 1.82) is 0 Å². The van der Waals surface area contributed by atoms with Crippen molar-refractivity contribution < 1.29 is 14.7 Å². The number of nitrogens with one attached hydrogen (secondary N) is 1. The third-order valence-corrected chi connectivity index (χ3v) is 5.67. The highest BCUT2D eigenvalue weighted by atomic mass is 16.3. The molecule has 2 amide bonds. The molecule has 0 radical (unpaired) electrons. The number of aliphatic hydroxyl groups is 1. The average molecular weight is 374 g/mol. The van der Waals surface area contributed by atoms with E-state index in [4.69, 9.17) is 5.11 Å². The Balaban J connectivity index is 1.45. The van der Waals surface area contributed by atoms with Crippen molar-refractivity contribution in [2.45, 2.75) is 44.7 Å². The fourth-order valence-electron chi connectivity index (χ4n) is 4.12. The fraction of sp³-hybridized carbons (Fsp3) is 0.650. The molecule has 2 fully saturated rings. The minimum atomic E-state index is -0.0826. The molecule has 3 heterocycles. The number of nitrogens with zero attached hydrogens (tertiary/aromatic N) is 3. The number of aliphatic hydroxyl groups excluding tert-OH is 1. The van der Waals surface area contributed by atoms with Gasteiger partial charge in [-0.15, -0.1) is 0 Å². The van der Waals surface area contributed by atoms with E-state index in [9.17, 15) is 9.59 Å². The van der Waals surface area contributed by atoms with Crippen molar-refractivity contribution in [1.82, 2.24) is 20.1 Å². The molecule has 1 atom stereocenters. The van der Waals surface area contributed by atoms with Crippen LogP contribution in [-0.2, 0) is 16.1 Å². The van der Waals surface area contributed by atoms with E-state index in [0.29, 0.717) is 12.6 Å². The Morgan fingerprint density at radius 1 is 1.22 bits per heavy atom. The molecule has 2 aliphatic heterocycles. The van der Waals surface area contributed by atoms with E-state index in [-0.39, 0.29) is 30.8 Å². The van der Waals surface area contributed by atoms with Crippen LogP contribution >= 0.6 is 0 Å². The van der Waals surface area contributed by atoms with Crippen molar-refractivity contribution >= 4 is 11.8 Å². The van der Waals surface area contributed by atoms with E-state index in [1.165, 1.54) is 0 Å². The summed E-state index contributed by atoms with van der Waals surface area (Å²) in [5.74, 6) is 0.200. The molecule has 1 unspecified atom stereocenters. The Morgan fingerprint density at radius 3 is 2.74 bits per heavy atom. The summed E-state index contributed by atoms with van der Waals surface area (Å²) in [4.78, 5) is 32.9. The maximum Gasteiger partial charge on any atom is 0.224 e. The zero-order valence-corrected chi connectivity index (χ0v) is 15.8. The maximum atomic E-state index is 12.6. The minimum Gasteiger partial charge on any atom is -0.396 e. The summed E-state index contributed by atoms with van der Waals surface area (Å²) < 4.78 is 0. The molecular weight excluding hydrogens is 344 g/mol. The number of pyridine rings is 1. The normalized spacial score (nSPS) is 21.8. The van der Waals surface area contributed by atoms with Crippen LogP contribution in [0.3, 0.4) is 0 Å². The van der Waals surface area contributed by atoms with Gasteiger partial charge in [-0.2, -0.15) is 0 Å². The van der Waals surface area contributed by atoms with Crippen LogP contribution in [0.5, 0.6) is 0 Å². The Labute approximate surface area is 160 Å². The first-order valence-corrected chi connectivity index (χ1v) is 9.96. The highest BCUT2D eigenvalue weighted by Gasteiger charge is 2.32. The molecule has 0 saturated carbocycles. The van der Waals surface area contributed by atoms with Crippen molar-refractivity contribution in [3.8, 4) is 0 Å². The lowest BCUT2D eigenvalue weighted by Crippen LogP contribution is -2.51. The summed E-state index contributed by atoms with van der Waals surface area (Å²) in [6.45, 7) is 3.76. The number of piperidine rings is 2. The van der Waals surface area contributed by atoms with E-state index >= 15 is 0 Å². The van der Waals surface area contributed by atoms with Crippen LogP contribution in [0.4, 0.5) is 0 Å². The first-order chi connectivity index (χ1) is 13.2. The quantitative estimate of drug-likeness (QED) is 0.769. The van der Waals surface area contributed by atoms with Crippen molar-refractivity contribution in [2.75, 3.05) is 32.8 Å². The van der Waals surface area contributed by atoms with Crippen molar-refractivity contribution in [3.63, 3.8) is 0 Å². The van der Waals surface area contributed by atoms with Gasteiger partial charge in [0.15, 0.2) is 0 Å². The van der Waals surface area contributed by atoms with Gasteiger partial charge in [0.1, 0.15) is 0 Å². The van der Waals surface area contributed by atoms with Crippen molar-refractivity contribution in [3.05, 3.63) is 30.1 Å². The largest absolute Gasteiger partial charge is 0.396 e. The van der Waals surface area contributed by atoms with Gasteiger partial charge in [0.05, 0.1) is 12.5 Å². The summed E-state index contributed by atoms with van der Waals surface area (Å²) in [6, 6.07) is 4.28. The molecule has 7 heteroatoms. The highest BCUT2D eigenvalue weighted by Crippen LogP contribution is 2.24. The lowest BCUT2D eigenvalue weighted by molar-refractivity contribution is -0.133. The zero-order chi connectivity index (χ0) is 19.1. The second kappa shape index (κ2) is 9.80. The number of likely N-dealkylation sites (tertiary alicyclic amines) is 2. The molecule has 3 rings (SSSR count). The molecule has 1 aromatic heterocycles. The first kappa shape index (κ1) is 19.8. The smallest absolute Gasteiger partial charge is 0.224 e. The molecule has 27 heavy (non-hydrogen) atoms. The summed E-state index contributed by atoms with van der Waals surface area (Å²) in [7, 11) is 0. The third kappa shape index (κ3) is 5.49. The number of hydrogen-bond donors (Lipinski definition) is 2. The SMILES string of the molecule is O=C(NCc1cccnc1)C1CCCN(C2CCN(C(=O)CCO)CC2)C1. The van der Waals surface area contributed by atoms with Crippen LogP contribution in [0.25, 0.3) is 0 Å². The van der Waals surface area contributed by atoms with E-state index in [1.54, 1.807) is 12.4 Å². The summed E-state index contributed by atoms with van der Waals surface area (Å²) >= 11 is 0. The molecule has 2 saturated heterocycles. The highest BCUT2D eigenvalue weighted by molar-refractivity contribution is 5.79. The zero-order valence-electron chi connectivity index (χ0n) is 15.8. The molecule has 0 aromatic carbocycles. The van der Waals surface area contributed by atoms with E-state index in [2.05, 4.69) is 15.2 Å². The lowest BCUT2D eigenvalue weighted by atomic mass is 9.93. The number of carbonyl (C=O) groups excluding carboxylic acids is 2. The van der Waals surface area contributed by atoms with Crippen molar-refractivity contribution in [2.24, 2.45) is 5.92 Å². The fourth-order valence-corrected chi connectivity index (χ4v) is 4.12. The number of hydrogen-bond acceptors (Lipinski definition) is 5. The van der Waals surface area contributed by atoms with Crippen LogP contribution in [0.2, 0.25) is 0 Å². The van der Waals surface area contributed by atoms with Gasteiger partial charge < -0.3 is 15.3 Å². The van der Waals surface area contributed by atoms with Crippen LogP contribution in [0.15, 0.2) is 24.5 Å². The summed E-state index contributed by atoms with van der Waals surface area (Å²) in [6.07, 6.45) is 7.58. The molecule has 0 spiro atoms. The first-order valence-electron chi connectivity index (χ1n) is 9.96. The van der Waals surface area contributed by atoms with E-state index in [1.807, 2.05) is 17.0 Å². The Kier molecular flexibility index (Phi) is 7.18. The number of rotatable bonds is 6. The summed E-state index contributed by atoms with van der Waals surface area (Å²) in [5.41, 5.74) is 1.01. The monoisotopic (exact) mass is 374 g/mol. The standard InChI is InChI=1S/C20H30N4O3/c25-12-7-19(26)23-10-5-18(6-11-23)24-9-2-4-17(15-24)20(27)22-14-16-3-1-8-21-13-16/h1,3,8,13,17-18,25H,2,4-7,9-12,14-15H2,(H,22,27). The molecule has 1 aromatic rings. The van der Waals surface area contributed by atoms with Crippen LogP contribution < -0.4 is 5.32 Å². The predicted octanol–water partition coefficient (Wildman–Crippen LogP) is 0.783. The maximum absolute atomic E-state index is 12.6.